The fourth-order valence-corrected chi connectivity index (χ4v) is 11.1. The molecular formula is C67H45NO. The van der Waals surface area contributed by atoms with Gasteiger partial charge >= 0.3 is 0 Å². The van der Waals surface area contributed by atoms with Crippen LogP contribution >= 0.6 is 0 Å². The molecule has 0 saturated carbocycles. The number of rotatable bonds is 9. The average Bonchev–Trinajstić information content (AvgIpc) is 3.96. The zero-order valence-corrected chi connectivity index (χ0v) is 37.8. The molecule has 1 aromatic heterocycles. The molecule has 0 atom stereocenters. The van der Waals surface area contributed by atoms with Crippen LogP contribution in [0.15, 0.2) is 277 Å². The van der Waals surface area contributed by atoms with E-state index in [0.29, 0.717) is 0 Å². The number of hydrogen-bond donors (Lipinski definition) is 0. The van der Waals surface area contributed by atoms with Crippen LogP contribution in [0.5, 0.6) is 0 Å². The summed E-state index contributed by atoms with van der Waals surface area (Å²) in [5, 5.41) is 2.24. The second-order valence-corrected chi connectivity index (χ2v) is 18.0. The predicted octanol–water partition coefficient (Wildman–Crippen LogP) is 18.1. The molecule has 69 heavy (non-hydrogen) atoms. The normalized spacial score (nSPS) is 12.5. The van der Waals surface area contributed by atoms with Crippen LogP contribution in [0.2, 0.25) is 0 Å². The highest BCUT2D eigenvalue weighted by molar-refractivity contribution is 6.06. The first-order valence-corrected chi connectivity index (χ1v) is 23.7. The Morgan fingerprint density at radius 3 is 1.57 bits per heavy atom. The van der Waals surface area contributed by atoms with E-state index >= 15 is 0 Å². The summed E-state index contributed by atoms with van der Waals surface area (Å²) in [6.45, 7) is 0. The van der Waals surface area contributed by atoms with Gasteiger partial charge in [0.1, 0.15) is 11.2 Å². The SMILES string of the molecule is c1ccc(-c2ccc(-c3ccccc3N(c3ccc(-c4cccc5c4-c4ccccc4C5(c4ccccc4)c4ccccc4)cc3)c3cccc(-c4ccc5oc6ccccc6c5c4)c3)cc2)cc1. The van der Waals surface area contributed by atoms with E-state index in [1.165, 1.54) is 55.6 Å². The summed E-state index contributed by atoms with van der Waals surface area (Å²) in [5.41, 5.74) is 21.6. The van der Waals surface area contributed by atoms with Crippen molar-refractivity contribution in [3.63, 3.8) is 0 Å². The first-order valence-electron chi connectivity index (χ1n) is 23.7. The highest BCUT2D eigenvalue weighted by Crippen LogP contribution is 2.58. The molecule has 0 saturated heterocycles. The second kappa shape index (κ2) is 16.7. The first kappa shape index (κ1) is 40.3. The van der Waals surface area contributed by atoms with Crippen molar-refractivity contribution >= 4 is 39.0 Å². The van der Waals surface area contributed by atoms with Crippen LogP contribution in [0.25, 0.3) is 77.6 Å². The second-order valence-electron chi connectivity index (χ2n) is 18.0. The number of hydrogen-bond acceptors (Lipinski definition) is 2. The largest absolute Gasteiger partial charge is 0.456 e. The third kappa shape index (κ3) is 6.72. The lowest BCUT2D eigenvalue weighted by Crippen LogP contribution is -2.28. The third-order valence-electron chi connectivity index (χ3n) is 14.2. The number of para-hydroxylation sites is 2. The van der Waals surface area contributed by atoms with Gasteiger partial charge in [0, 0.05) is 27.7 Å². The van der Waals surface area contributed by atoms with E-state index in [1.54, 1.807) is 0 Å². The summed E-state index contributed by atoms with van der Waals surface area (Å²) in [4.78, 5) is 2.42. The number of benzene rings is 11. The minimum Gasteiger partial charge on any atom is -0.456 e. The van der Waals surface area contributed by atoms with Gasteiger partial charge in [-0.05, 0) is 121 Å². The van der Waals surface area contributed by atoms with Crippen molar-refractivity contribution in [3.8, 4) is 55.6 Å². The summed E-state index contributed by atoms with van der Waals surface area (Å²) in [7, 11) is 0. The molecule has 1 heterocycles. The Balaban J connectivity index is 0.960. The van der Waals surface area contributed by atoms with Crippen LogP contribution in [-0.2, 0) is 5.41 Å². The van der Waals surface area contributed by atoms with Crippen molar-refractivity contribution in [2.75, 3.05) is 4.90 Å². The summed E-state index contributed by atoms with van der Waals surface area (Å²) in [6, 6.07) is 99.3. The quantitative estimate of drug-likeness (QED) is 0.144. The van der Waals surface area contributed by atoms with Gasteiger partial charge in [-0.15, -0.1) is 0 Å². The average molecular weight is 880 g/mol. The molecule has 12 aromatic rings. The van der Waals surface area contributed by atoms with Gasteiger partial charge < -0.3 is 9.32 Å². The lowest BCUT2D eigenvalue weighted by atomic mass is 9.67. The molecule has 0 bridgehead atoms. The van der Waals surface area contributed by atoms with Crippen molar-refractivity contribution in [3.05, 3.63) is 295 Å². The van der Waals surface area contributed by atoms with E-state index in [4.69, 9.17) is 4.42 Å². The lowest BCUT2D eigenvalue weighted by Gasteiger charge is -2.34. The fourth-order valence-electron chi connectivity index (χ4n) is 11.1. The van der Waals surface area contributed by atoms with Crippen molar-refractivity contribution in [1.29, 1.82) is 0 Å². The lowest BCUT2D eigenvalue weighted by molar-refractivity contribution is 0.669. The molecule has 2 heteroatoms. The van der Waals surface area contributed by atoms with Crippen LogP contribution in [0.3, 0.4) is 0 Å². The molecule has 1 aliphatic rings. The molecule has 0 unspecified atom stereocenters. The Hall–Kier alpha value is -8.98. The third-order valence-corrected chi connectivity index (χ3v) is 14.2. The highest BCUT2D eigenvalue weighted by Gasteiger charge is 2.46. The molecular weight excluding hydrogens is 835 g/mol. The maximum Gasteiger partial charge on any atom is 0.135 e. The molecule has 0 N–H and O–H groups in total. The number of fused-ring (bicyclic) bond motifs is 6. The van der Waals surface area contributed by atoms with Crippen molar-refractivity contribution < 1.29 is 4.42 Å². The smallest absolute Gasteiger partial charge is 0.135 e. The summed E-state index contributed by atoms with van der Waals surface area (Å²) in [5.74, 6) is 0. The van der Waals surface area contributed by atoms with Gasteiger partial charge in [0.25, 0.3) is 0 Å². The van der Waals surface area contributed by atoms with Gasteiger partial charge in [-0.3, -0.25) is 0 Å². The maximum absolute atomic E-state index is 6.23. The Labute approximate surface area is 402 Å². The molecule has 13 rings (SSSR count). The van der Waals surface area contributed by atoms with Crippen LogP contribution in [0, 0.1) is 0 Å². The zero-order valence-electron chi connectivity index (χ0n) is 37.8. The van der Waals surface area contributed by atoms with Crippen molar-refractivity contribution in [2.24, 2.45) is 0 Å². The van der Waals surface area contributed by atoms with E-state index in [9.17, 15) is 0 Å². The maximum atomic E-state index is 6.23. The van der Waals surface area contributed by atoms with Gasteiger partial charge in [-0.25, -0.2) is 0 Å². The molecule has 2 nitrogen and oxygen atoms in total. The van der Waals surface area contributed by atoms with Crippen molar-refractivity contribution in [1.82, 2.24) is 0 Å². The van der Waals surface area contributed by atoms with Gasteiger partial charge in [0.05, 0.1) is 11.1 Å². The number of anilines is 3. The Morgan fingerprint density at radius 1 is 0.290 bits per heavy atom. The van der Waals surface area contributed by atoms with Crippen molar-refractivity contribution in [2.45, 2.75) is 5.41 Å². The molecule has 1 aliphatic carbocycles. The zero-order chi connectivity index (χ0) is 45.7. The predicted molar refractivity (Wildman–Crippen MR) is 287 cm³/mol. The monoisotopic (exact) mass is 879 g/mol. The van der Waals surface area contributed by atoms with Crippen LogP contribution in [0.4, 0.5) is 17.1 Å². The Kier molecular flexibility index (Phi) is 9.77. The van der Waals surface area contributed by atoms with Crippen LogP contribution < -0.4 is 4.90 Å². The first-order chi connectivity index (χ1) is 34.2. The van der Waals surface area contributed by atoms with Crippen LogP contribution in [-0.4, -0.2) is 0 Å². The Bertz CT molecular complexity index is 3780. The van der Waals surface area contributed by atoms with E-state index in [-0.39, 0.29) is 0 Å². The highest BCUT2D eigenvalue weighted by atomic mass is 16.3. The topological polar surface area (TPSA) is 16.4 Å². The summed E-state index contributed by atoms with van der Waals surface area (Å²) < 4.78 is 6.23. The molecule has 0 aliphatic heterocycles. The minimum atomic E-state index is -0.468. The molecule has 0 fully saturated rings. The van der Waals surface area contributed by atoms with Gasteiger partial charge in [0.2, 0.25) is 0 Å². The molecule has 0 spiro atoms. The van der Waals surface area contributed by atoms with E-state index < -0.39 is 5.41 Å². The standard InChI is InChI=1S/C67H45NO/c1-4-18-46(19-5-1)47-34-36-48(37-35-47)56-26-11-14-32-63(56)68(55-25-16-20-50(44-55)51-40-43-65-60(45-51)58-27-12-15-33-64(58)69-65)54-41-38-49(39-42-54)57-29-17-31-62-66(57)59-28-10-13-30-61(59)67(62,52-21-6-2-7-22-52)53-23-8-3-9-24-53/h1-45H. The number of nitrogens with zero attached hydrogens (tertiary/aromatic N) is 1. The number of furan rings is 1. The fraction of sp³-hybridized carbons (Fsp3) is 0.0149. The summed E-state index contributed by atoms with van der Waals surface area (Å²) in [6.07, 6.45) is 0. The van der Waals surface area contributed by atoms with Gasteiger partial charge in [-0.2, -0.15) is 0 Å². The molecule has 324 valence electrons. The van der Waals surface area contributed by atoms with E-state index in [1.807, 2.05) is 12.1 Å². The molecule has 0 radical (unpaired) electrons. The van der Waals surface area contributed by atoms with Gasteiger partial charge in [0.15, 0.2) is 0 Å². The molecule has 0 amide bonds. The van der Waals surface area contributed by atoms with E-state index in [0.717, 1.165) is 61.3 Å². The van der Waals surface area contributed by atoms with Gasteiger partial charge in [-0.1, -0.05) is 224 Å². The van der Waals surface area contributed by atoms with Crippen LogP contribution in [0.1, 0.15) is 22.3 Å². The minimum absolute atomic E-state index is 0.468. The van der Waals surface area contributed by atoms with E-state index in [2.05, 4.69) is 266 Å². The summed E-state index contributed by atoms with van der Waals surface area (Å²) >= 11 is 0. The molecule has 11 aromatic carbocycles. The Morgan fingerprint density at radius 2 is 0.797 bits per heavy atom.